The molecule has 1 fully saturated rings. The molecule has 0 atom stereocenters. The third-order valence-corrected chi connectivity index (χ3v) is 8.08. The first-order valence-electron chi connectivity index (χ1n) is 11.9. The van der Waals surface area contributed by atoms with Crippen molar-refractivity contribution >= 4 is 55.7 Å². The zero-order chi connectivity index (χ0) is 25.2. The summed E-state index contributed by atoms with van der Waals surface area (Å²) in [6, 6.07) is 15.1. The Morgan fingerprint density at radius 2 is 1.89 bits per heavy atom. The lowest BCUT2D eigenvalue weighted by atomic mass is 10.2. The van der Waals surface area contributed by atoms with Gasteiger partial charge in [-0.15, -0.1) is 11.3 Å². The number of aromatic nitrogens is 3. The van der Waals surface area contributed by atoms with Gasteiger partial charge in [-0.1, -0.05) is 29.5 Å². The third-order valence-electron chi connectivity index (χ3n) is 6.14. The molecule has 0 bridgehead atoms. The van der Waals surface area contributed by atoms with Gasteiger partial charge in [0.1, 0.15) is 5.65 Å². The SMILES string of the molecule is Nc1ccccc1NC(=O)c1ccc(Nc2ncc(-c3cnc4c(CN5CCOCC5)cccn34)s2)s1. The van der Waals surface area contributed by atoms with E-state index in [2.05, 4.69) is 37.1 Å². The van der Waals surface area contributed by atoms with Gasteiger partial charge in [0.25, 0.3) is 5.91 Å². The number of anilines is 4. The standard InChI is InChI=1S/C26H25N7O2S2/c27-18-5-1-2-6-19(18)30-25(34)21-7-8-23(36-21)31-26-29-15-22(37-26)20-14-28-24-17(4-3-9-33(20)24)16-32-10-12-35-13-11-32/h1-9,14-15H,10-13,16,27H2,(H,29,31)(H,30,34). The van der Waals surface area contributed by atoms with Crippen LogP contribution >= 0.6 is 22.7 Å². The van der Waals surface area contributed by atoms with E-state index in [9.17, 15) is 4.79 Å². The first-order valence-corrected chi connectivity index (χ1v) is 13.5. The van der Waals surface area contributed by atoms with Crippen molar-refractivity contribution in [3.63, 3.8) is 0 Å². The van der Waals surface area contributed by atoms with Gasteiger partial charge >= 0.3 is 0 Å². The molecule has 0 unspecified atom stereocenters. The Bertz CT molecular complexity index is 1550. The van der Waals surface area contributed by atoms with Crippen LogP contribution in [-0.4, -0.2) is 51.5 Å². The van der Waals surface area contributed by atoms with E-state index in [-0.39, 0.29) is 5.91 Å². The predicted molar refractivity (Wildman–Crippen MR) is 149 cm³/mol. The number of hydrogen-bond donors (Lipinski definition) is 3. The molecule has 188 valence electrons. The molecule has 0 spiro atoms. The van der Waals surface area contributed by atoms with Gasteiger partial charge < -0.3 is 21.1 Å². The highest BCUT2D eigenvalue weighted by atomic mass is 32.1. The van der Waals surface area contributed by atoms with Gasteiger partial charge in [-0.25, -0.2) is 9.97 Å². The summed E-state index contributed by atoms with van der Waals surface area (Å²) in [6.45, 7) is 4.27. The molecule has 0 aliphatic carbocycles. The average molecular weight is 532 g/mol. The Kier molecular flexibility index (Phi) is 6.58. The molecule has 5 aromatic rings. The summed E-state index contributed by atoms with van der Waals surface area (Å²) >= 11 is 2.90. The molecule has 37 heavy (non-hydrogen) atoms. The minimum absolute atomic E-state index is 0.200. The molecule has 0 saturated carbocycles. The zero-order valence-electron chi connectivity index (χ0n) is 19.9. The summed E-state index contributed by atoms with van der Waals surface area (Å²) in [5.74, 6) is -0.200. The van der Waals surface area contributed by atoms with Crippen molar-refractivity contribution in [3.8, 4) is 10.6 Å². The minimum Gasteiger partial charge on any atom is -0.397 e. The molecule has 1 aliphatic heterocycles. The number of imidazole rings is 1. The number of benzene rings is 1. The van der Waals surface area contributed by atoms with Crippen LogP contribution in [0.15, 0.2) is 67.1 Å². The maximum Gasteiger partial charge on any atom is 0.265 e. The summed E-state index contributed by atoms with van der Waals surface area (Å²) in [4.78, 5) is 25.9. The number of nitrogens with one attached hydrogen (secondary N) is 2. The smallest absolute Gasteiger partial charge is 0.265 e. The number of fused-ring (bicyclic) bond motifs is 1. The predicted octanol–water partition coefficient (Wildman–Crippen LogP) is 4.93. The molecule has 5 heterocycles. The lowest BCUT2D eigenvalue weighted by Crippen LogP contribution is -2.35. The van der Waals surface area contributed by atoms with E-state index < -0.39 is 0 Å². The first-order chi connectivity index (χ1) is 18.1. The van der Waals surface area contributed by atoms with Gasteiger partial charge in [-0.3, -0.25) is 14.1 Å². The summed E-state index contributed by atoms with van der Waals surface area (Å²) in [6.07, 6.45) is 5.79. The number of carbonyl (C=O) groups excluding carboxylic acids is 1. The van der Waals surface area contributed by atoms with Crippen LogP contribution in [0.1, 0.15) is 15.2 Å². The van der Waals surface area contributed by atoms with Crippen LogP contribution in [-0.2, 0) is 11.3 Å². The normalized spacial score (nSPS) is 14.2. The Morgan fingerprint density at radius 1 is 1.03 bits per heavy atom. The molecular formula is C26H25N7O2S2. The molecule has 1 aromatic carbocycles. The zero-order valence-corrected chi connectivity index (χ0v) is 21.5. The summed E-state index contributed by atoms with van der Waals surface area (Å²) < 4.78 is 7.60. The van der Waals surface area contributed by atoms with Gasteiger partial charge in [0.05, 0.1) is 51.2 Å². The van der Waals surface area contributed by atoms with Crippen LogP contribution in [0, 0.1) is 0 Å². The highest BCUT2D eigenvalue weighted by Crippen LogP contribution is 2.34. The fraction of sp³-hybridized carbons (Fsp3) is 0.192. The Hall–Kier alpha value is -3.77. The fourth-order valence-corrected chi connectivity index (χ4v) is 5.95. The molecule has 4 aromatic heterocycles. The van der Waals surface area contributed by atoms with Gasteiger partial charge in [0, 0.05) is 37.6 Å². The second kappa shape index (κ2) is 10.3. The number of ether oxygens (including phenoxy) is 1. The fourth-order valence-electron chi connectivity index (χ4n) is 4.25. The number of nitrogen functional groups attached to an aromatic ring is 1. The van der Waals surface area contributed by atoms with E-state index in [1.807, 2.05) is 36.8 Å². The second-order valence-electron chi connectivity index (χ2n) is 8.62. The van der Waals surface area contributed by atoms with Crippen molar-refractivity contribution in [2.24, 2.45) is 0 Å². The lowest BCUT2D eigenvalue weighted by Gasteiger charge is -2.26. The Labute approximate surface area is 221 Å². The molecule has 1 aliphatic rings. The quantitative estimate of drug-likeness (QED) is 0.256. The summed E-state index contributed by atoms with van der Waals surface area (Å²) in [5, 5.41) is 7.76. The average Bonchev–Trinajstić information content (AvgIpc) is 3.67. The van der Waals surface area contributed by atoms with Crippen LogP contribution < -0.4 is 16.4 Å². The monoisotopic (exact) mass is 531 g/mol. The van der Waals surface area contributed by atoms with Gasteiger partial charge in [-0.05, 0) is 30.3 Å². The van der Waals surface area contributed by atoms with Crippen molar-refractivity contribution in [2.45, 2.75) is 6.54 Å². The van der Waals surface area contributed by atoms with Crippen molar-refractivity contribution in [3.05, 3.63) is 77.6 Å². The van der Waals surface area contributed by atoms with E-state index in [1.54, 1.807) is 29.5 Å². The van der Waals surface area contributed by atoms with E-state index in [4.69, 9.17) is 15.5 Å². The van der Waals surface area contributed by atoms with Crippen LogP contribution in [0.5, 0.6) is 0 Å². The van der Waals surface area contributed by atoms with Crippen LogP contribution in [0.3, 0.4) is 0 Å². The third kappa shape index (κ3) is 5.07. The largest absolute Gasteiger partial charge is 0.397 e. The van der Waals surface area contributed by atoms with E-state index >= 15 is 0 Å². The number of para-hydroxylation sites is 2. The summed E-state index contributed by atoms with van der Waals surface area (Å²) in [7, 11) is 0. The number of thiophene rings is 1. The Balaban J connectivity index is 1.16. The van der Waals surface area contributed by atoms with Gasteiger partial charge in [-0.2, -0.15) is 0 Å². The van der Waals surface area contributed by atoms with Crippen LogP contribution in [0.25, 0.3) is 16.2 Å². The minimum atomic E-state index is -0.200. The number of nitrogens with two attached hydrogens (primary N) is 1. The Morgan fingerprint density at radius 3 is 2.76 bits per heavy atom. The highest BCUT2D eigenvalue weighted by Gasteiger charge is 2.17. The molecule has 0 radical (unpaired) electrons. The maximum absolute atomic E-state index is 12.7. The van der Waals surface area contributed by atoms with Gasteiger partial charge in [0.2, 0.25) is 0 Å². The first kappa shape index (κ1) is 23.6. The van der Waals surface area contributed by atoms with Crippen LogP contribution in [0.4, 0.5) is 21.5 Å². The van der Waals surface area contributed by atoms with Crippen molar-refractivity contribution in [2.75, 3.05) is 42.7 Å². The number of amides is 1. The molecule has 1 amide bonds. The number of thiazole rings is 1. The number of nitrogens with zero attached hydrogens (tertiary/aromatic N) is 4. The van der Waals surface area contributed by atoms with E-state index in [0.29, 0.717) is 16.3 Å². The summed E-state index contributed by atoms with van der Waals surface area (Å²) in [5.41, 5.74) is 10.2. The highest BCUT2D eigenvalue weighted by molar-refractivity contribution is 7.20. The number of hydrogen-bond acceptors (Lipinski definition) is 9. The molecule has 1 saturated heterocycles. The second-order valence-corrected chi connectivity index (χ2v) is 10.7. The van der Waals surface area contributed by atoms with E-state index in [1.165, 1.54) is 16.9 Å². The number of rotatable bonds is 7. The molecule has 6 rings (SSSR count). The van der Waals surface area contributed by atoms with Crippen molar-refractivity contribution in [1.82, 2.24) is 19.3 Å². The molecule has 9 nitrogen and oxygen atoms in total. The molecule has 11 heteroatoms. The number of carbonyl (C=O) groups is 1. The van der Waals surface area contributed by atoms with Crippen molar-refractivity contribution in [1.29, 1.82) is 0 Å². The lowest BCUT2D eigenvalue weighted by molar-refractivity contribution is 0.0343. The van der Waals surface area contributed by atoms with Gasteiger partial charge in [0.15, 0.2) is 5.13 Å². The molecule has 4 N–H and O–H groups in total. The topological polar surface area (TPSA) is 110 Å². The number of pyridine rings is 1. The number of morpholine rings is 1. The maximum atomic E-state index is 12.7. The van der Waals surface area contributed by atoms with E-state index in [0.717, 1.165) is 59.2 Å². The van der Waals surface area contributed by atoms with Crippen molar-refractivity contribution < 1.29 is 9.53 Å². The molecular weight excluding hydrogens is 506 g/mol. The van der Waals surface area contributed by atoms with Crippen LogP contribution in [0.2, 0.25) is 0 Å².